The first-order valence-electron chi connectivity index (χ1n) is 7.85. The summed E-state index contributed by atoms with van der Waals surface area (Å²) in [6.07, 6.45) is 5.91. The number of aliphatic carboxylic acids is 1. The van der Waals surface area contributed by atoms with Crippen LogP contribution >= 0.6 is 23.2 Å². The molecule has 0 aliphatic heterocycles. The molecular weight excluding hydrogens is 363 g/mol. The molecule has 7 heteroatoms. The molecule has 1 aromatic carbocycles. The van der Waals surface area contributed by atoms with Gasteiger partial charge in [-0.05, 0) is 23.6 Å². The maximum Gasteiger partial charge on any atom is 0.326 e. The second-order valence-corrected chi connectivity index (χ2v) is 7.52. The predicted molar refractivity (Wildman–Crippen MR) is 98.6 cm³/mol. The standard InChI is InChI=1S/C18H20Cl2N2O3/c19-18(20)8-6-13(7-9-18)11-15(17(24)25)22-16(23)14(21)10-12-4-2-1-3-5-12/h1-8,14-15H,9-11,21H2,(H,22,23)(H,24,25)/t14-,15-/m0/s1. The fraction of sp³-hybridized carbons (Fsp3) is 0.333. The number of benzene rings is 1. The van der Waals surface area contributed by atoms with Gasteiger partial charge in [0.1, 0.15) is 10.4 Å². The third-order valence-corrected chi connectivity index (χ3v) is 4.43. The third kappa shape index (κ3) is 6.20. The smallest absolute Gasteiger partial charge is 0.326 e. The Hall–Kier alpha value is -1.82. The van der Waals surface area contributed by atoms with Gasteiger partial charge in [-0.3, -0.25) is 4.79 Å². The van der Waals surface area contributed by atoms with E-state index < -0.39 is 28.3 Å². The van der Waals surface area contributed by atoms with E-state index in [0.717, 1.165) is 11.1 Å². The second kappa shape index (κ2) is 8.52. The Morgan fingerprint density at radius 2 is 1.92 bits per heavy atom. The highest BCUT2D eigenvalue weighted by Gasteiger charge is 2.27. The van der Waals surface area contributed by atoms with Crippen LogP contribution in [0.25, 0.3) is 0 Å². The summed E-state index contributed by atoms with van der Waals surface area (Å²) in [7, 11) is 0. The molecule has 0 saturated carbocycles. The van der Waals surface area contributed by atoms with Crippen molar-refractivity contribution in [2.45, 2.75) is 35.7 Å². The second-order valence-electron chi connectivity index (χ2n) is 5.98. The predicted octanol–water partition coefficient (Wildman–Crippen LogP) is 2.58. The molecule has 134 valence electrons. The molecule has 0 heterocycles. The van der Waals surface area contributed by atoms with E-state index in [1.54, 1.807) is 18.2 Å². The molecule has 0 bridgehead atoms. The summed E-state index contributed by atoms with van der Waals surface area (Å²) in [5, 5.41) is 11.9. The lowest BCUT2D eigenvalue weighted by Gasteiger charge is -2.21. The number of halogens is 2. The Kier molecular flexibility index (Phi) is 6.64. The number of carboxylic acid groups (broad SMARTS) is 1. The van der Waals surface area contributed by atoms with E-state index >= 15 is 0 Å². The van der Waals surface area contributed by atoms with Gasteiger partial charge in [-0.15, -0.1) is 0 Å². The van der Waals surface area contributed by atoms with Gasteiger partial charge in [-0.1, -0.05) is 65.7 Å². The summed E-state index contributed by atoms with van der Waals surface area (Å²) < 4.78 is -0.969. The average molecular weight is 383 g/mol. The molecule has 0 saturated heterocycles. The van der Waals surface area contributed by atoms with Crippen LogP contribution in [0.4, 0.5) is 0 Å². The number of allylic oxidation sites excluding steroid dienone is 3. The number of carbonyl (C=O) groups excluding carboxylic acids is 1. The lowest BCUT2D eigenvalue weighted by Crippen LogP contribution is -2.49. The van der Waals surface area contributed by atoms with E-state index in [0.29, 0.717) is 12.8 Å². The topological polar surface area (TPSA) is 92.4 Å². The van der Waals surface area contributed by atoms with Crippen LogP contribution in [-0.2, 0) is 16.0 Å². The number of carbonyl (C=O) groups is 2. The van der Waals surface area contributed by atoms with Gasteiger partial charge in [-0.2, -0.15) is 0 Å². The first kappa shape index (κ1) is 19.5. The van der Waals surface area contributed by atoms with Crippen molar-refractivity contribution < 1.29 is 14.7 Å². The molecule has 1 aromatic rings. The highest BCUT2D eigenvalue weighted by atomic mass is 35.5. The minimum Gasteiger partial charge on any atom is -0.480 e. The molecule has 0 spiro atoms. The summed E-state index contributed by atoms with van der Waals surface area (Å²) in [6, 6.07) is 7.43. The van der Waals surface area contributed by atoms with Crippen molar-refractivity contribution in [1.82, 2.24) is 5.32 Å². The first-order chi connectivity index (χ1) is 11.8. The number of nitrogens with one attached hydrogen (secondary N) is 1. The monoisotopic (exact) mass is 382 g/mol. The molecule has 0 fully saturated rings. The van der Waals surface area contributed by atoms with Crippen LogP contribution in [0.5, 0.6) is 0 Å². The maximum absolute atomic E-state index is 12.2. The molecule has 1 amide bonds. The van der Waals surface area contributed by atoms with Crippen LogP contribution in [0.3, 0.4) is 0 Å². The molecule has 0 aromatic heterocycles. The molecular formula is C18H20Cl2N2O3. The summed E-state index contributed by atoms with van der Waals surface area (Å²) in [4.78, 5) is 23.7. The van der Waals surface area contributed by atoms with Crippen LogP contribution in [0.2, 0.25) is 0 Å². The third-order valence-electron chi connectivity index (χ3n) is 3.87. The minimum atomic E-state index is -1.12. The molecule has 25 heavy (non-hydrogen) atoms. The van der Waals surface area contributed by atoms with Gasteiger partial charge < -0.3 is 16.2 Å². The van der Waals surface area contributed by atoms with E-state index in [1.165, 1.54) is 0 Å². The molecule has 4 N–H and O–H groups in total. The van der Waals surface area contributed by atoms with Crippen LogP contribution in [0.1, 0.15) is 18.4 Å². The van der Waals surface area contributed by atoms with Crippen LogP contribution in [-0.4, -0.2) is 33.4 Å². The van der Waals surface area contributed by atoms with Gasteiger partial charge in [0, 0.05) is 12.8 Å². The minimum absolute atomic E-state index is 0.138. The largest absolute Gasteiger partial charge is 0.480 e. The van der Waals surface area contributed by atoms with Gasteiger partial charge in [0.25, 0.3) is 0 Å². The van der Waals surface area contributed by atoms with E-state index in [-0.39, 0.29) is 6.42 Å². The van der Waals surface area contributed by atoms with Crippen molar-refractivity contribution in [1.29, 1.82) is 0 Å². The number of rotatable bonds is 7. The van der Waals surface area contributed by atoms with Gasteiger partial charge in [-0.25, -0.2) is 4.79 Å². The summed E-state index contributed by atoms with van der Waals surface area (Å²) in [6.45, 7) is 0. The zero-order valence-electron chi connectivity index (χ0n) is 13.5. The zero-order valence-corrected chi connectivity index (χ0v) is 15.0. The molecule has 2 rings (SSSR count). The van der Waals surface area contributed by atoms with Gasteiger partial charge in [0.15, 0.2) is 0 Å². The SMILES string of the molecule is N[C@@H](Cc1ccccc1)C(=O)N[C@@H](CC1=CCC(Cl)(Cl)C=C1)C(=O)O. The Morgan fingerprint density at radius 3 is 2.48 bits per heavy atom. The number of amides is 1. The quantitative estimate of drug-likeness (QED) is 0.631. The highest BCUT2D eigenvalue weighted by Crippen LogP contribution is 2.32. The number of hydrogen-bond acceptors (Lipinski definition) is 3. The normalized spacial score (nSPS) is 18.1. The Labute approximate surface area is 156 Å². The van der Waals surface area contributed by atoms with Crippen LogP contribution in [0, 0.1) is 0 Å². The number of nitrogens with two attached hydrogens (primary N) is 1. The lowest BCUT2D eigenvalue weighted by atomic mass is 9.99. The van der Waals surface area contributed by atoms with Crippen molar-refractivity contribution in [2.24, 2.45) is 5.73 Å². The summed E-state index contributed by atoms with van der Waals surface area (Å²) in [5.41, 5.74) is 7.56. The molecule has 0 radical (unpaired) electrons. The fourth-order valence-electron chi connectivity index (χ4n) is 2.46. The van der Waals surface area contributed by atoms with E-state index in [1.807, 2.05) is 30.3 Å². The van der Waals surface area contributed by atoms with E-state index in [4.69, 9.17) is 28.9 Å². The Bertz CT molecular complexity index is 687. The van der Waals surface area contributed by atoms with Gasteiger partial charge in [0.05, 0.1) is 6.04 Å². The summed E-state index contributed by atoms with van der Waals surface area (Å²) >= 11 is 11.9. The molecule has 5 nitrogen and oxygen atoms in total. The van der Waals surface area contributed by atoms with Crippen molar-refractivity contribution in [2.75, 3.05) is 0 Å². The van der Waals surface area contributed by atoms with Crippen molar-refractivity contribution in [3.05, 3.63) is 59.7 Å². The number of hydrogen-bond donors (Lipinski definition) is 3. The van der Waals surface area contributed by atoms with Crippen LogP contribution < -0.4 is 11.1 Å². The first-order valence-corrected chi connectivity index (χ1v) is 8.61. The zero-order chi connectivity index (χ0) is 18.4. The molecule has 1 aliphatic rings. The van der Waals surface area contributed by atoms with Crippen molar-refractivity contribution in [3.8, 4) is 0 Å². The molecule has 0 unspecified atom stereocenters. The fourth-order valence-corrected chi connectivity index (χ4v) is 2.74. The van der Waals surface area contributed by atoms with Gasteiger partial charge in [0.2, 0.25) is 5.91 Å². The maximum atomic E-state index is 12.2. The molecule has 2 atom stereocenters. The lowest BCUT2D eigenvalue weighted by molar-refractivity contribution is -0.141. The van der Waals surface area contributed by atoms with E-state index in [9.17, 15) is 14.7 Å². The highest BCUT2D eigenvalue weighted by molar-refractivity contribution is 6.50. The molecule has 1 aliphatic carbocycles. The Morgan fingerprint density at radius 1 is 1.24 bits per heavy atom. The van der Waals surface area contributed by atoms with Crippen molar-refractivity contribution >= 4 is 35.1 Å². The number of carboxylic acids is 1. The number of alkyl halides is 2. The van der Waals surface area contributed by atoms with Crippen molar-refractivity contribution in [3.63, 3.8) is 0 Å². The van der Waals surface area contributed by atoms with Gasteiger partial charge >= 0.3 is 5.97 Å². The summed E-state index contributed by atoms with van der Waals surface area (Å²) in [5.74, 6) is -1.62. The van der Waals surface area contributed by atoms with Crippen LogP contribution in [0.15, 0.2) is 54.1 Å². The average Bonchev–Trinajstić information content (AvgIpc) is 2.56. The van der Waals surface area contributed by atoms with E-state index in [2.05, 4.69) is 5.32 Å². The Balaban J connectivity index is 1.94.